The van der Waals surface area contributed by atoms with E-state index >= 15 is 0 Å². The van der Waals surface area contributed by atoms with Crippen molar-refractivity contribution in [1.82, 2.24) is 5.16 Å². The molecule has 0 aromatic carbocycles. The summed E-state index contributed by atoms with van der Waals surface area (Å²) in [5.74, 6) is -1.46. The zero-order valence-electron chi connectivity index (χ0n) is 5.39. The van der Waals surface area contributed by atoms with E-state index in [0.29, 0.717) is 0 Å². The van der Waals surface area contributed by atoms with Crippen molar-refractivity contribution in [3.05, 3.63) is 11.8 Å². The molecule has 0 saturated carbocycles. The minimum Gasteiger partial charge on any atom is -0.477 e. The maximum absolute atomic E-state index is 10.6. The van der Waals surface area contributed by atoms with Crippen LogP contribution in [-0.2, 0) is 9.05 Å². The van der Waals surface area contributed by atoms with Crippen molar-refractivity contribution in [2.24, 2.45) is 0 Å². The molecule has 0 unspecified atom stereocenters. The quantitative estimate of drug-likeness (QED) is 0.707. The van der Waals surface area contributed by atoms with Gasteiger partial charge in [0.15, 0.2) is 0 Å². The topological polar surface area (TPSA) is 97.5 Å². The Morgan fingerprint density at radius 3 is 2.58 bits per heavy atom. The van der Waals surface area contributed by atoms with E-state index in [1.807, 2.05) is 0 Å². The fraction of sp³-hybridized carbons (Fsp3) is 0. The smallest absolute Gasteiger partial charge is 0.342 e. The lowest BCUT2D eigenvalue weighted by molar-refractivity contribution is 0.0689. The van der Waals surface area contributed by atoms with Gasteiger partial charge in [-0.15, -0.1) is 0 Å². The van der Waals surface area contributed by atoms with Gasteiger partial charge in [0.25, 0.3) is 14.1 Å². The molecule has 0 amide bonds. The van der Waals surface area contributed by atoms with E-state index in [9.17, 15) is 13.2 Å². The van der Waals surface area contributed by atoms with Gasteiger partial charge in [-0.25, -0.2) is 13.2 Å². The van der Waals surface area contributed by atoms with Crippen LogP contribution in [0.25, 0.3) is 0 Å². The fourth-order valence-electron chi connectivity index (χ4n) is 0.547. The average Bonchev–Trinajstić information content (AvgIpc) is 2.30. The molecule has 0 aliphatic carbocycles. The molecular weight excluding hydrogens is 210 g/mol. The highest BCUT2D eigenvalue weighted by atomic mass is 35.7. The molecule has 1 heterocycles. The summed E-state index contributed by atoms with van der Waals surface area (Å²) in [6.07, 6.45) is 0.762. The fourth-order valence-corrected chi connectivity index (χ4v) is 1.42. The van der Waals surface area contributed by atoms with Gasteiger partial charge in [0.05, 0.1) is 6.20 Å². The van der Waals surface area contributed by atoms with Gasteiger partial charge in [-0.1, -0.05) is 5.16 Å². The molecule has 1 N–H and O–H groups in total. The lowest BCUT2D eigenvalue weighted by Gasteiger charge is -1.88. The minimum absolute atomic E-state index is 0.579. The summed E-state index contributed by atoms with van der Waals surface area (Å²) in [5, 5.41) is 10.5. The van der Waals surface area contributed by atoms with Crippen LogP contribution in [0.15, 0.2) is 15.8 Å². The van der Waals surface area contributed by atoms with Gasteiger partial charge >= 0.3 is 5.97 Å². The van der Waals surface area contributed by atoms with Gasteiger partial charge in [-0.2, -0.15) is 0 Å². The lowest BCUT2D eigenvalue weighted by atomic mass is 10.4. The van der Waals surface area contributed by atoms with Gasteiger partial charge in [-0.05, 0) is 0 Å². The van der Waals surface area contributed by atoms with Crippen molar-refractivity contribution in [3.63, 3.8) is 0 Å². The van der Waals surface area contributed by atoms with E-state index in [-0.39, 0.29) is 0 Å². The second-order valence-corrected chi connectivity index (χ2v) is 4.24. The van der Waals surface area contributed by atoms with E-state index in [1.165, 1.54) is 0 Å². The third-order valence-corrected chi connectivity index (χ3v) is 2.15. The standard InChI is InChI=1S/C4H2ClNO5S/c5-12(9,10)4-2(3(7)8)1-6-11-4/h1H,(H,7,8). The van der Waals surface area contributed by atoms with Crippen molar-refractivity contribution in [2.75, 3.05) is 0 Å². The maximum Gasteiger partial charge on any atom is 0.342 e. The number of halogens is 1. The van der Waals surface area contributed by atoms with Crippen molar-refractivity contribution in [3.8, 4) is 0 Å². The summed E-state index contributed by atoms with van der Waals surface area (Å²) < 4.78 is 25.3. The molecule has 0 saturated heterocycles. The Morgan fingerprint density at radius 2 is 2.25 bits per heavy atom. The van der Waals surface area contributed by atoms with Crippen molar-refractivity contribution in [2.45, 2.75) is 5.09 Å². The second kappa shape index (κ2) is 2.76. The largest absolute Gasteiger partial charge is 0.477 e. The summed E-state index contributed by atoms with van der Waals surface area (Å²) in [4.78, 5) is 10.3. The highest BCUT2D eigenvalue weighted by Crippen LogP contribution is 2.18. The number of carboxylic acids is 1. The van der Waals surface area contributed by atoms with Crippen LogP contribution < -0.4 is 0 Å². The van der Waals surface area contributed by atoms with Crippen molar-refractivity contribution >= 4 is 25.7 Å². The van der Waals surface area contributed by atoms with Gasteiger partial charge in [0.2, 0.25) is 0 Å². The van der Waals surface area contributed by atoms with Gasteiger partial charge in [-0.3, -0.25) is 0 Å². The first kappa shape index (κ1) is 9.01. The second-order valence-electron chi connectivity index (χ2n) is 1.77. The van der Waals surface area contributed by atoms with E-state index in [0.717, 1.165) is 6.20 Å². The predicted octanol–water partition coefficient (Wildman–Crippen LogP) is 0.300. The summed E-state index contributed by atoms with van der Waals surface area (Å²) >= 11 is 0. The van der Waals surface area contributed by atoms with Gasteiger partial charge in [0.1, 0.15) is 5.56 Å². The molecule has 1 aromatic heterocycles. The zero-order valence-corrected chi connectivity index (χ0v) is 6.96. The molecule has 0 bridgehead atoms. The highest BCUT2D eigenvalue weighted by molar-refractivity contribution is 8.13. The summed E-state index contributed by atoms with van der Waals surface area (Å²) in [5.41, 5.74) is -0.579. The molecule has 8 heteroatoms. The number of nitrogens with zero attached hydrogens (tertiary/aromatic N) is 1. The van der Waals surface area contributed by atoms with Crippen LogP contribution in [0.5, 0.6) is 0 Å². The number of carbonyl (C=O) groups is 1. The summed E-state index contributed by atoms with van der Waals surface area (Å²) in [6.45, 7) is 0. The Kier molecular flexibility index (Phi) is 2.07. The third kappa shape index (κ3) is 1.56. The molecule has 0 aliphatic rings. The molecule has 1 rings (SSSR count). The van der Waals surface area contributed by atoms with Crippen LogP contribution in [0.2, 0.25) is 0 Å². The number of rotatable bonds is 2. The Morgan fingerprint density at radius 1 is 1.67 bits per heavy atom. The molecule has 0 radical (unpaired) electrons. The Balaban J connectivity index is 3.36. The number of aromatic nitrogens is 1. The monoisotopic (exact) mass is 211 g/mol. The Hall–Kier alpha value is -1.08. The van der Waals surface area contributed by atoms with E-state index in [4.69, 9.17) is 15.8 Å². The number of hydrogen-bond donors (Lipinski definition) is 1. The van der Waals surface area contributed by atoms with Crippen LogP contribution in [0.1, 0.15) is 10.4 Å². The van der Waals surface area contributed by atoms with E-state index in [2.05, 4.69) is 9.68 Å². The molecule has 1 aromatic rings. The molecule has 0 atom stereocenters. The third-order valence-electron chi connectivity index (χ3n) is 0.989. The van der Waals surface area contributed by atoms with Crippen LogP contribution in [0, 0.1) is 0 Å². The molecule has 0 aliphatic heterocycles. The lowest BCUT2D eigenvalue weighted by Crippen LogP contribution is -2.00. The van der Waals surface area contributed by atoms with Gasteiger partial charge in [0, 0.05) is 10.7 Å². The van der Waals surface area contributed by atoms with E-state index in [1.54, 1.807) is 0 Å². The molecule has 0 spiro atoms. The number of hydrogen-bond acceptors (Lipinski definition) is 5. The van der Waals surface area contributed by atoms with Crippen molar-refractivity contribution in [1.29, 1.82) is 0 Å². The van der Waals surface area contributed by atoms with Crippen LogP contribution >= 0.6 is 10.7 Å². The van der Waals surface area contributed by atoms with E-state index < -0.39 is 25.7 Å². The zero-order chi connectivity index (χ0) is 9.35. The molecular formula is C4H2ClNO5S. The Bertz CT molecular complexity index is 407. The summed E-state index contributed by atoms with van der Waals surface area (Å²) in [7, 11) is 0.651. The van der Waals surface area contributed by atoms with Crippen LogP contribution in [0.3, 0.4) is 0 Å². The molecule has 66 valence electrons. The van der Waals surface area contributed by atoms with Gasteiger partial charge < -0.3 is 9.63 Å². The molecule has 12 heavy (non-hydrogen) atoms. The van der Waals surface area contributed by atoms with Crippen LogP contribution in [-0.4, -0.2) is 24.7 Å². The average molecular weight is 212 g/mol. The predicted molar refractivity (Wildman–Crippen MR) is 36.5 cm³/mol. The molecule has 0 fully saturated rings. The first-order valence-electron chi connectivity index (χ1n) is 2.55. The number of aromatic carboxylic acids is 1. The first-order chi connectivity index (χ1) is 5.43. The maximum atomic E-state index is 10.6. The normalized spacial score (nSPS) is 11.4. The highest BCUT2D eigenvalue weighted by Gasteiger charge is 2.25. The SMILES string of the molecule is O=C(O)c1cnoc1S(=O)(=O)Cl. The Labute approximate surface area is 71.1 Å². The van der Waals surface area contributed by atoms with Crippen LogP contribution in [0.4, 0.5) is 0 Å². The summed E-state index contributed by atoms with van der Waals surface area (Å²) in [6, 6.07) is 0. The van der Waals surface area contributed by atoms with Crippen molar-refractivity contribution < 1.29 is 22.8 Å². The number of carboxylic acid groups (broad SMARTS) is 1. The first-order valence-corrected chi connectivity index (χ1v) is 4.86. The molecule has 6 nitrogen and oxygen atoms in total. The minimum atomic E-state index is -4.17.